The molecule has 0 nitrogen and oxygen atoms in total. The van der Waals surface area contributed by atoms with Crippen LogP contribution < -0.4 is 0 Å². The van der Waals surface area contributed by atoms with Crippen molar-refractivity contribution in [3.05, 3.63) is 35.5 Å². The third kappa shape index (κ3) is 4.83. The summed E-state index contributed by atoms with van der Waals surface area (Å²) in [7, 11) is 0. The van der Waals surface area contributed by atoms with E-state index >= 15 is 0 Å². The largest absolute Gasteiger partial charge is 0.0958 e. The van der Waals surface area contributed by atoms with Crippen LogP contribution in [0.1, 0.15) is 55.4 Å². The van der Waals surface area contributed by atoms with Crippen LogP contribution >= 0.6 is 0 Å². The maximum absolute atomic E-state index is 4.06. The van der Waals surface area contributed by atoms with Crippen LogP contribution in [0.4, 0.5) is 0 Å². The Morgan fingerprint density at radius 3 is 1.50 bits per heavy atom. The van der Waals surface area contributed by atoms with E-state index in [2.05, 4.69) is 74.1 Å². The molecule has 0 aromatic heterocycles. The highest BCUT2D eigenvalue weighted by molar-refractivity contribution is 5.35. The Labute approximate surface area is 102 Å². The van der Waals surface area contributed by atoms with Crippen LogP contribution in [-0.4, -0.2) is 0 Å². The van der Waals surface area contributed by atoms with E-state index in [1.165, 1.54) is 11.1 Å². The van der Waals surface area contributed by atoms with Crippen molar-refractivity contribution < 1.29 is 0 Å². The van der Waals surface area contributed by atoms with Gasteiger partial charge in [-0.15, -0.1) is 0 Å². The third-order valence-electron chi connectivity index (χ3n) is 2.95. The van der Waals surface area contributed by atoms with Crippen molar-refractivity contribution in [2.24, 2.45) is 10.8 Å². The van der Waals surface area contributed by atoms with Crippen LogP contribution in [0.5, 0.6) is 0 Å². The van der Waals surface area contributed by atoms with Crippen molar-refractivity contribution >= 4 is 0 Å². The molecule has 0 amide bonds. The molecule has 0 saturated carbocycles. The van der Waals surface area contributed by atoms with Crippen LogP contribution in [-0.2, 0) is 0 Å². The second-order valence-corrected chi connectivity index (χ2v) is 6.71. The predicted molar refractivity (Wildman–Crippen MR) is 75.6 cm³/mol. The Kier molecular flexibility index (Phi) is 4.79. The predicted octanol–water partition coefficient (Wildman–Crippen LogP) is 5.53. The molecule has 0 rings (SSSR count). The summed E-state index contributed by atoms with van der Waals surface area (Å²) in [6, 6.07) is 0. The summed E-state index contributed by atoms with van der Waals surface area (Å²) in [5.41, 5.74) is 4.30. The minimum atomic E-state index is 0.167. The average molecular weight is 220 g/mol. The molecule has 92 valence electrons. The summed E-state index contributed by atoms with van der Waals surface area (Å²) in [5.74, 6) is 0. The maximum atomic E-state index is 4.06. The number of hydrogen-bond acceptors (Lipinski definition) is 0. The van der Waals surface area contributed by atoms with E-state index in [0.717, 1.165) is 5.57 Å². The molecule has 0 aliphatic heterocycles. The topological polar surface area (TPSA) is 0 Å². The van der Waals surface area contributed by atoms with Gasteiger partial charge in [0.2, 0.25) is 0 Å². The Morgan fingerprint density at radius 1 is 0.812 bits per heavy atom. The van der Waals surface area contributed by atoms with Crippen LogP contribution in [0.3, 0.4) is 0 Å². The Balaban J connectivity index is 5.22. The smallest absolute Gasteiger partial charge is 0.0129 e. The minimum absolute atomic E-state index is 0.167. The first kappa shape index (κ1) is 15.2. The second-order valence-electron chi connectivity index (χ2n) is 6.71. The number of rotatable bonds is 2. The van der Waals surface area contributed by atoms with Gasteiger partial charge < -0.3 is 0 Å². The van der Waals surface area contributed by atoms with E-state index < -0.39 is 0 Å². The quantitative estimate of drug-likeness (QED) is 0.537. The highest BCUT2D eigenvalue weighted by Gasteiger charge is 2.17. The highest BCUT2D eigenvalue weighted by Crippen LogP contribution is 2.31. The van der Waals surface area contributed by atoms with Gasteiger partial charge in [0.1, 0.15) is 0 Å². The van der Waals surface area contributed by atoms with E-state index in [1.54, 1.807) is 0 Å². The van der Waals surface area contributed by atoms with Crippen molar-refractivity contribution in [2.75, 3.05) is 0 Å². The molecule has 0 fully saturated rings. The Hall–Kier alpha value is -0.780. The molecular weight excluding hydrogens is 192 g/mol. The van der Waals surface area contributed by atoms with Gasteiger partial charge in [0, 0.05) is 0 Å². The molecule has 16 heavy (non-hydrogen) atoms. The van der Waals surface area contributed by atoms with Crippen molar-refractivity contribution in [1.82, 2.24) is 0 Å². The van der Waals surface area contributed by atoms with Gasteiger partial charge in [-0.3, -0.25) is 0 Å². The lowest BCUT2D eigenvalue weighted by Crippen LogP contribution is -2.10. The van der Waals surface area contributed by atoms with E-state index in [0.29, 0.717) is 0 Å². The van der Waals surface area contributed by atoms with Crippen LogP contribution in [0.2, 0.25) is 0 Å². The van der Waals surface area contributed by atoms with Crippen molar-refractivity contribution in [3.8, 4) is 0 Å². The molecule has 0 unspecified atom stereocenters. The van der Waals surface area contributed by atoms with E-state index in [4.69, 9.17) is 0 Å². The van der Waals surface area contributed by atoms with Crippen molar-refractivity contribution in [1.29, 1.82) is 0 Å². The summed E-state index contributed by atoms with van der Waals surface area (Å²) >= 11 is 0. The molecule has 0 atom stereocenters. The van der Waals surface area contributed by atoms with Crippen molar-refractivity contribution in [2.45, 2.75) is 55.4 Å². The molecule has 0 bridgehead atoms. The lowest BCUT2D eigenvalue weighted by molar-refractivity contribution is 0.501. The number of hydrogen-bond donors (Lipinski definition) is 0. The van der Waals surface area contributed by atoms with Crippen LogP contribution in [0.25, 0.3) is 0 Å². The molecule has 0 spiro atoms. The first-order chi connectivity index (χ1) is 6.96. The standard InChI is InChI=1S/C16H28/c1-12(2)14(16(7,8)9)11-10-13(3)15(4,5)6/h10-11H,1H2,2-9H3. The molecule has 0 heterocycles. The first-order valence-electron chi connectivity index (χ1n) is 6.01. The van der Waals surface area contributed by atoms with E-state index in [9.17, 15) is 0 Å². The zero-order valence-corrected chi connectivity index (χ0v) is 12.4. The summed E-state index contributed by atoms with van der Waals surface area (Å²) in [6.07, 6.45) is 4.46. The fourth-order valence-corrected chi connectivity index (χ4v) is 1.49. The van der Waals surface area contributed by atoms with Gasteiger partial charge in [-0.2, -0.15) is 0 Å². The van der Waals surface area contributed by atoms with E-state index in [-0.39, 0.29) is 10.8 Å². The van der Waals surface area contributed by atoms with Crippen LogP contribution in [0.15, 0.2) is 35.5 Å². The fourth-order valence-electron chi connectivity index (χ4n) is 1.49. The first-order valence-corrected chi connectivity index (χ1v) is 6.01. The molecule has 0 aliphatic rings. The highest BCUT2D eigenvalue weighted by atomic mass is 14.2. The second kappa shape index (κ2) is 5.03. The zero-order valence-electron chi connectivity index (χ0n) is 12.4. The Bertz CT molecular complexity index is 311. The lowest BCUT2D eigenvalue weighted by atomic mass is 9.81. The van der Waals surface area contributed by atoms with Gasteiger partial charge in [-0.25, -0.2) is 0 Å². The lowest BCUT2D eigenvalue weighted by Gasteiger charge is -2.24. The van der Waals surface area contributed by atoms with Crippen LogP contribution in [0, 0.1) is 10.8 Å². The molecule has 0 radical (unpaired) electrons. The molecule has 0 saturated heterocycles. The van der Waals surface area contributed by atoms with E-state index in [1.807, 2.05) is 0 Å². The SMILES string of the molecule is C=C(C)C(=CC=C(C)C(C)(C)C)C(C)(C)C. The molecule has 0 N–H and O–H groups in total. The maximum Gasteiger partial charge on any atom is -0.0129 e. The summed E-state index contributed by atoms with van der Waals surface area (Å²) in [6.45, 7) is 21.7. The minimum Gasteiger partial charge on any atom is -0.0958 e. The van der Waals surface area contributed by atoms with Gasteiger partial charge in [-0.05, 0) is 30.3 Å². The fraction of sp³-hybridized carbons (Fsp3) is 0.625. The monoisotopic (exact) mass is 220 g/mol. The molecular formula is C16H28. The summed E-state index contributed by atoms with van der Waals surface area (Å²) in [5, 5.41) is 0. The summed E-state index contributed by atoms with van der Waals surface area (Å²) in [4.78, 5) is 0. The van der Waals surface area contributed by atoms with Gasteiger partial charge in [0.15, 0.2) is 0 Å². The summed E-state index contributed by atoms with van der Waals surface area (Å²) < 4.78 is 0. The van der Waals surface area contributed by atoms with Gasteiger partial charge in [0.25, 0.3) is 0 Å². The van der Waals surface area contributed by atoms with Gasteiger partial charge >= 0.3 is 0 Å². The zero-order chi connectivity index (χ0) is 13.1. The Morgan fingerprint density at radius 2 is 1.25 bits per heavy atom. The number of allylic oxidation sites excluding steroid dienone is 5. The molecule has 0 aliphatic carbocycles. The average Bonchev–Trinajstić information content (AvgIpc) is 1.98. The van der Waals surface area contributed by atoms with Gasteiger partial charge in [0.05, 0.1) is 0 Å². The van der Waals surface area contributed by atoms with Crippen molar-refractivity contribution in [3.63, 3.8) is 0 Å². The van der Waals surface area contributed by atoms with Gasteiger partial charge in [-0.1, -0.05) is 71.4 Å². The molecule has 0 aromatic rings. The normalized spacial score (nSPS) is 15.2. The third-order valence-corrected chi connectivity index (χ3v) is 2.95. The molecule has 0 heteroatoms. The molecule has 0 aromatic carbocycles.